The Labute approximate surface area is 191 Å². The molecule has 2 aromatic rings. The van der Waals surface area contributed by atoms with Gasteiger partial charge in [-0.15, -0.1) is 6.58 Å². The predicted molar refractivity (Wildman–Crippen MR) is 126 cm³/mol. The van der Waals surface area contributed by atoms with Crippen LogP contribution in [0.5, 0.6) is 23.0 Å². The van der Waals surface area contributed by atoms with E-state index in [1.807, 2.05) is 36.4 Å². The molecule has 2 aromatic carbocycles. The van der Waals surface area contributed by atoms with Crippen molar-refractivity contribution < 1.29 is 24.1 Å². The van der Waals surface area contributed by atoms with E-state index in [-0.39, 0.29) is 23.9 Å². The molecule has 0 aromatic heterocycles. The third kappa shape index (κ3) is 4.17. The first-order valence-corrected chi connectivity index (χ1v) is 10.9. The summed E-state index contributed by atoms with van der Waals surface area (Å²) < 4.78 is 22.3. The molecule has 0 amide bonds. The fraction of sp³-hybridized carbons (Fsp3) is 0.462. The normalized spacial score (nSPS) is 27.5. The minimum Gasteiger partial charge on any atom is -0.497 e. The minimum absolute atomic E-state index is 0.135. The molecular formula is C26H35NO5. The van der Waals surface area contributed by atoms with E-state index in [1.165, 1.54) is 0 Å². The second-order valence-corrected chi connectivity index (χ2v) is 8.40. The van der Waals surface area contributed by atoms with Gasteiger partial charge in [-0.1, -0.05) is 19.9 Å². The maximum absolute atomic E-state index is 12.0. The highest BCUT2D eigenvalue weighted by molar-refractivity contribution is 5.46. The molecule has 1 heterocycles. The maximum Gasteiger partial charge on any atom is 0.123 e. The van der Waals surface area contributed by atoms with Crippen molar-refractivity contribution in [2.45, 2.75) is 38.0 Å². The topological polar surface area (TPSA) is 69.2 Å². The van der Waals surface area contributed by atoms with Crippen molar-refractivity contribution in [3.8, 4) is 23.0 Å². The van der Waals surface area contributed by atoms with Crippen LogP contribution in [0.1, 0.15) is 43.5 Å². The summed E-state index contributed by atoms with van der Waals surface area (Å²) in [6.45, 7) is 8.05. The van der Waals surface area contributed by atoms with Crippen LogP contribution in [0, 0.1) is 11.8 Å². The van der Waals surface area contributed by atoms with Crippen molar-refractivity contribution in [3.63, 3.8) is 0 Å². The second kappa shape index (κ2) is 9.84. The summed E-state index contributed by atoms with van der Waals surface area (Å²) in [5.74, 6) is 2.67. The Bertz CT molecular complexity index is 876. The first kappa shape index (κ1) is 24.0. The maximum atomic E-state index is 12.0. The molecule has 32 heavy (non-hydrogen) atoms. The molecule has 1 saturated heterocycles. The number of nitrogens with one attached hydrogen (secondary N) is 1. The molecule has 0 radical (unpaired) electrons. The van der Waals surface area contributed by atoms with E-state index in [4.69, 9.17) is 18.9 Å². The fourth-order valence-corrected chi connectivity index (χ4v) is 4.96. The lowest BCUT2D eigenvalue weighted by atomic mass is 9.64. The zero-order valence-electron chi connectivity index (χ0n) is 19.8. The van der Waals surface area contributed by atoms with Gasteiger partial charge in [-0.2, -0.15) is 0 Å². The summed E-state index contributed by atoms with van der Waals surface area (Å²) in [7, 11) is 6.59. The number of hydrogen-bond acceptors (Lipinski definition) is 6. The highest BCUT2D eigenvalue weighted by Crippen LogP contribution is 2.51. The summed E-state index contributed by atoms with van der Waals surface area (Å²) in [4.78, 5) is 0. The molecule has 6 heteroatoms. The van der Waals surface area contributed by atoms with Gasteiger partial charge in [0.05, 0.1) is 34.0 Å². The quantitative estimate of drug-likeness (QED) is 0.580. The van der Waals surface area contributed by atoms with E-state index in [2.05, 4.69) is 25.7 Å². The summed E-state index contributed by atoms with van der Waals surface area (Å²) in [6, 6.07) is 11.1. The Morgan fingerprint density at radius 3 is 1.62 bits per heavy atom. The van der Waals surface area contributed by atoms with Crippen LogP contribution in [0.4, 0.5) is 0 Å². The van der Waals surface area contributed by atoms with Crippen LogP contribution in [-0.2, 0) is 0 Å². The molecule has 1 aliphatic heterocycles. The van der Waals surface area contributed by atoms with Crippen molar-refractivity contribution in [2.24, 2.45) is 11.8 Å². The highest BCUT2D eigenvalue weighted by Gasteiger charge is 2.51. The number of hydrogen-bond donors (Lipinski definition) is 2. The second-order valence-electron chi connectivity index (χ2n) is 8.40. The molecule has 6 nitrogen and oxygen atoms in total. The van der Waals surface area contributed by atoms with Gasteiger partial charge in [-0.25, -0.2) is 0 Å². The van der Waals surface area contributed by atoms with Crippen molar-refractivity contribution >= 4 is 0 Å². The number of ether oxygens (including phenoxy) is 4. The van der Waals surface area contributed by atoms with Crippen molar-refractivity contribution in [3.05, 3.63) is 60.2 Å². The molecule has 3 rings (SSSR count). The first-order chi connectivity index (χ1) is 15.3. The SMILES string of the molecule is C=CCC1(O)[C@H](C)[C@H](c2cc(OC)ccc2OC)N[C@@H](c2cc(OC)ccc2OC)[C@H]1C. The van der Waals surface area contributed by atoms with E-state index < -0.39 is 5.60 Å². The third-order valence-corrected chi connectivity index (χ3v) is 6.95. The van der Waals surface area contributed by atoms with Crippen LogP contribution in [0.25, 0.3) is 0 Å². The molecule has 0 unspecified atom stereocenters. The third-order valence-electron chi connectivity index (χ3n) is 6.95. The van der Waals surface area contributed by atoms with Gasteiger partial charge in [-0.3, -0.25) is 0 Å². The van der Waals surface area contributed by atoms with Crippen molar-refractivity contribution in [2.75, 3.05) is 28.4 Å². The first-order valence-electron chi connectivity index (χ1n) is 10.9. The Morgan fingerprint density at radius 1 is 0.844 bits per heavy atom. The lowest BCUT2D eigenvalue weighted by Gasteiger charge is -2.52. The summed E-state index contributed by atoms with van der Waals surface area (Å²) >= 11 is 0. The van der Waals surface area contributed by atoms with Gasteiger partial charge < -0.3 is 29.4 Å². The van der Waals surface area contributed by atoms with Gasteiger partial charge in [0.1, 0.15) is 23.0 Å². The minimum atomic E-state index is -1.01. The average Bonchev–Trinajstić information content (AvgIpc) is 2.82. The van der Waals surface area contributed by atoms with Gasteiger partial charge in [0.2, 0.25) is 0 Å². The average molecular weight is 442 g/mol. The molecule has 0 bridgehead atoms. The van der Waals surface area contributed by atoms with Crippen LogP contribution in [0.3, 0.4) is 0 Å². The molecule has 1 fully saturated rings. The standard InChI is InChI=1S/C26H35NO5/c1-8-13-26(28)16(2)24(20-14-18(29-4)9-11-22(20)31-6)27-25(17(26)3)21-15-19(30-5)10-12-23(21)32-7/h8-12,14-17,24-25,27-28H,1,13H2,2-7H3/t16-,17-,24-,25-/m1/s1. The van der Waals surface area contributed by atoms with Gasteiger partial charge in [0.25, 0.3) is 0 Å². The predicted octanol–water partition coefficient (Wildman–Crippen LogP) is 4.69. The molecule has 0 spiro atoms. The monoisotopic (exact) mass is 441 g/mol. The molecule has 1 aliphatic rings. The van der Waals surface area contributed by atoms with Gasteiger partial charge in [-0.05, 0) is 42.8 Å². The highest BCUT2D eigenvalue weighted by atomic mass is 16.5. The van der Waals surface area contributed by atoms with E-state index in [1.54, 1.807) is 34.5 Å². The Kier molecular flexibility index (Phi) is 7.36. The summed E-state index contributed by atoms with van der Waals surface area (Å²) in [5.41, 5.74) is 0.853. The molecule has 2 N–H and O–H groups in total. The fourth-order valence-electron chi connectivity index (χ4n) is 4.96. The van der Waals surface area contributed by atoms with E-state index in [9.17, 15) is 5.11 Å². The lowest BCUT2D eigenvalue weighted by molar-refractivity contribution is -0.108. The van der Waals surface area contributed by atoms with Gasteiger partial charge in [0, 0.05) is 35.0 Å². The van der Waals surface area contributed by atoms with Gasteiger partial charge in [0.15, 0.2) is 0 Å². The van der Waals surface area contributed by atoms with Crippen molar-refractivity contribution in [1.82, 2.24) is 5.32 Å². The number of rotatable bonds is 8. The Balaban J connectivity index is 2.18. The largest absolute Gasteiger partial charge is 0.497 e. The molecule has 174 valence electrons. The van der Waals surface area contributed by atoms with Crippen LogP contribution in [0.2, 0.25) is 0 Å². The molecule has 0 aliphatic carbocycles. The summed E-state index contributed by atoms with van der Waals surface area (Å²) in [6.07, 6.45) is 2.25. The van der Waals surface area contributed by atoms with Crippen LogP contribution >= 0.6 is 0 Å². The van der Waals surface area contributed by atoms with Crippen LogP contribution < -0.4 is 24.3 Å². The number of aliphatic hydroxyl groups is 1. The van der Waals surface area contributed by atoms with Gasteiger partial charge >= 0.3 is 0 Å². The lowest BCUT2D eigenvalue weighted by Crippen LogP contribution is -2.57. The summed E-state index contributed by atoms with van der Waals surface area (Å²) in [5, 5.41) is 15.8. The smallest absolute Gasteiger partial charge is 0.123 e. The number of benzene rings is 2. The number of piperidine rings is 1. The van der Waals surface area contributed by atoms with E-state index in [0.29, 0.717) is 6.42 Å². The molecule has 0 saturated carbocycles. The van der Waals surface area contributed by atoms with E-state index >= 15 is 0 Å². The molecule has 4 atom stereocenters. The van der Waals surface area contributed by atoms with Crippen LogP contribution in [0.15, 0.2) is 49.1 Å². The number of methoxy groups -OCH3 is 4. The zero-order valence-corrected chi connectivity index (χ0v) is 19.8. The zero-order chi connectivity index (χ0) is 23.5. The Morgan fingerprint density at radius 2 is 1.28 bits per heavy atom. The van der Waals surface area contributed by atoms with E-state index in [0.717, 1.165) is 34.1 Å². The van der Waals surface area contributed by atoms with Crippen LogP contribution in [-0.4, -0.2) is 39.1 Å². The molecular weight excluding hydrogens is 406 g/mol. The van der Waals surface area contributed by atoms with Crippen molar-refractivity contribution in [1.29, 1.82) is 0 Å². The Hall–Kier alpha value is -2.70.